The zero-order valence-corrected chi connectivity index (χ0v) is 15.7. The number of benzene rings is 1. The lowest BCUT2D eigenvalue weighted by molar-refractivity contribution is -0.118. The Kier molecular flexibility index (Phi) is 4.48. The minimum Gasteiger partial charge on any atom is -0.318 e. The predicted molar refractivity (Wildman–Crippen MR) is 106 cm³/mol. The van der Waals surface area contributed by atoms with E-state index in [1.807, 2.05) is 37.4 Å². The molecule has 1 aliphatic rings. The number of rotatable bonds is 3. The summed E-state index contributed by atoms with van der Waals surface area (Å²) in [5.41, 5.74) is 7.33. The molecule has 0 radical (unpaired) electrons. The highest BCUT2D eigenvalue weighted by Gasteiger charge is 2.22. The predicted octanol–water partition coefficient (Wildman–Crippen LogP) is 3.40. The maximum atomic E-state index is 12.2. The van der Waals surface area contributed by atoms with Crippen molar-refractivity contribution in [2.75, 3.05) is 0 Å². The molecule has 0 saturated heterocycles. The molecule has 0 spiro atoms. The first-order valence-corrected chi connectivity index (χ1v) is 9.26. The molecular weight excluding hydrogens is 336 g/mol. The number of carbonyl (C=O) groups excluding carboxylic acids is 1. The van der Waals surface area contributed by atoms with Crippen LogP contribution in [0.15, 0.2) is 53.6 Å². The summed E-state index contributed by atoms with van der Waals surface area (Å²) in [5, 5.41) is 0. The minimum absolute atomic E-state index is 0.0122. The highest BCUT2D eigenvalue weighted by Crippen LogP contribution is 2.33. The number of hydrogen-bond acceptors (Lipinski definition) is 3. The number of nitrogens with zero attached hydrogens (tertiary/aromatic N) is 2. The Labute approximate surface area is 158 Å². The minimum atomic E-state index is 0.0122. The standard InChI is InChI=1S/C23H22N2O2/c1-15-11-17(14-25(2)23(15)27)20-9-7-16-6-8-19(26)13-21(16)22(20)12-18-5-3-4-10-24-18/h3-5,7,9-11,14H,6,8,12-13H2,1-2H3. The highest BCUT2D eigenvalue weighted by molar-refractivity contribution is 5.85. The lowest BCUT2D eigenvalue weighted by Gasteiger charge is -2.22. The molecule has 136 valence electrons. The van der Waals surface area contributed by atoms with E-state index in [0.29, 0.717) is 30.6 Å². The molecule has 1 aromatic carbocycles. The van der Waals surface area contributed by atoms with Crippen molar-refractivity contribution in [1.82, 2.24) is 9.55 Å². The Hall–Kier alpha value is -3.01. The quantitative estimate of drug-likeness (QED) is 0.721. The van der Waals surface area contributed by atoms with Crippen LogP contribution in [0, 0.1) is 6.92 Å². The molecule has 27 heavy (non-hydrogen) atoms. The molecular formula is C23H22N2O2. The van der Waals surface area contributed by atoms with Gasteiger partial charge in [-0.05, 0) is 59.4 Å². The van der Waals surface area contributed by atoms with Gasteiger partial charge in [0.1, 0.15) is 5.78 Å². The zero-order valence-electron chi connectivity index (χ0n) is 15.7. The second kappa shape index (κ2) is 6.95. The molecule has 1 aliphatic carbocycles. The van der Waals surface area contributed by atoms with E-state index in [1.165, 1.54) is 5.56 Å². The average Bonchev–Trinajstić information content (AvgIpc) is 2.67. The Balaban J connectivity index is 1.92. The fourth-order valence-electron chi connectivity index (χ4n) is 3.94. The summed E-state index contributed by atoms with van der Waals surface area (Å²) < 4.78 is 1.62. The Morgan fingerprint density at radius 1 is 1.11 bits per heavy atom. The van der Waals surface area contributed by atoms with Gasteiger partial charge < -0.3 is 4.57 Å². The first kappa shape index (κ1) is 17.4. The summed E-state index contributed by atoms with van der Waals surface area (Å²) in [6.07, 6.45) is 6.25. The molecule has 2 heterocycles. The third-order valence-electron chi connectivity index (χ3n) is 5.33. The van der Waals surface area contributed by atoms with Gasteiger partial charge in [-0.15, -0.1) is 0 Å². The Bertz CT molecular complexity index is 1060. The first-order chi connectivity index (χ1) is 13.0. The zero-order chi connectivity index (χ0) is 19.0. The van der Waals surface area contributed by atoms with Gasteiger partial charge >= 0.3 is 0 Å². The number of fused-ring (bicyclic) bond motifs is 1. The number of aryl methyl sites for hydroxylation is 3. The van der Waals surface area contributed by atoms with Crippen molar-refractivity contribution in [2.24, 2.45) is 7.05 Å². The summed E-state index contributed by atoms with van der Waals surface area (Å²) in [7, 11) is 1.78. The highest BCUT2D eigenvalue weighted by atomic mass is 16.1. The molecule has 0 bridgehead atoms. The van der Waals surface area contributed by atoms with Gasteiger partial charge in [0, 0.05) is 50.0 Å². The molecule has 2 aromatic heterocycles. The molecule has 0 amide bonds. The normalized spacial score (nSPS) is 13.5. The van der Waals surface area contributed by atoms with Crippen LogP contribution in [0.3, 0.4) is 0 Å². The monoisotopic (exact) mass is 358 g/mol. The van der Waals surface area contributed by atoms with Crippen LogP contribution in [0.1, 0.15) is 34.4 Å². The fourth-order valence-corrected chi connectivity index (χ4v) is 3.94. The summed E-state index contributed by atoms with van der Waals surface area (Å²) in [6.45, 7) is 1.84. The molecule has 0 saturated carbocycles. The van der Waals surface area contributed by atoms with Crippen LogP contribution in [-0.2, 0) is 31.1 Å². The van der Waals surface area contributed by atoms with Crippen LogP contribution in [0.4, 0.5) is 0 Å². The van der Waals surface area contributed by atoms with Crippen molar-refractivity contribution >= 4 is 5.78 Å². The molecule has 0 unspecified atom stereocenters. The number of aromatic nitrogens is 2. The summed E-state index contributed by atoms with van der Waals surface area (Å²) in [4.78, 5) is 28.8. The van der Waals surface area contributed by atoms with E-state index in [9.17, 15) is 9.59 Å². The molecule has 0 aliphatic heterocycles. The van der Waals surface area contributed by atoms with Crippen molar-refractivity contribution in [2.45, 2.75) is 32.6 Å². The van der Waals surface area contributed by atoms with E-state index in [0.717, 1.165) is 34.4 Å². The van der Waals surface area contributed by atoms with Crippen LogP contribution in [-0.4, -0.2) is 15.3 Å². The molecule has 0 atom stereocenters. The van der Waals surface area contributed by atoms with Crippen molar-refractivity contribution in [1.29, 1.82) is 0 Å². The SMILES string of the molecule is Cc1cc(-c2ccc3c(c2Cc2ccccn2)CC(=O)CC3)cn(C)c1=O. The fraction of sp³-hybridized carbons (Fsp3) is 0.261. The van der Waals surface area contributed by atoms with E-state index in [4.69, 9.17) is 0 Å². The third-order valence-corrected chi connectivity index (χ3v) is 5.33. The van der Waals surface area contributed by atoms with Crippen LogP contribution >= 0.6 is 0 Å². The van der Waals surface area contributed by atoms with Crippen LogP contribution in [0.2, 0.25) is 0 Å². The van der Waals surface area contributed by atoms with Gasteiger partial charge in [-0.2, -0.15) is 0 Å². The van der Waals surface area contributed by atoms with E-state index in [2.05, 4.69) is 17.1 Å². The Morgan fingerprint density at radius 3 is 2.70 bits per heavy atom. The molecule has 0 fully saturated rings. The van der Waals surface area contributed by atoms with Gasteiger partial charge in [-0.25, -0.2) is 0 Å². The topological polar surface area (TPSA) is 52.0 Å². The summed E-state index contributed by atoms with van der Waals surface area (Å²) >= 11 is 0. The van der Waals surface area contributed by atoms with Crippen molar-refractivity contribution < 1.29 is 4.79 Å². The molecule has 4 nitrogen and oxygen atoms in total. The summed E-state index contributed by atoms with van der Waals surface area (Å²) in [6, 6.07) is 12.1. The van der Waals surface area contributed by atoms with Gasteiger partial charge in [-0.1, -0.05) is 18.2 Å². The van der Waals surface area contributed by atoms with Crippen LogP contribution in [0.5, 0.6) is 0 Å². The van der Waals surface area contributed by atoms with Gasteiger partial charge in [-0.3, -0.25) is 14.6 Å². The third kappa shape index (κ3) is 3.35. The van der Waals surface area contributed by atoms with E-state index in [-0.39, 0.29) is 5.56 Å². The Morgan fingerprint density at radius 2 is 1.96 bits per heavy atom. The maximum absolute atomic E-state index is 12.2. The average molecular weight is 358 g/mol. The molecule has 4 rings (SSSR count). The number of carbonyl (C=O) groups is 1. The van der Waals surface area contributed by atoms with E-state index >= 15 is 0 Å². The maximum Gasteiger partial charge on any atom is 0.253 e. The largest absolute Gasteiger partial charge is 0.318 e. The molecule has 0 N–H and O–H groups in total. The second-order valence-electron chi connectivity index (χ2n) is 7.27. The van der Waals surface area contributed by atoms with Crippen LogP contribution < -0.4 is 5.56 Å². The van der Waals surface area contributed by atoms with E-state index in [1.54, 1.807) is 17.8 Å². The lowest BCUT2D eigenvalue weighted by atomic mass is 9.82. The number of ketones is 1. The van der Waals surface area contributed by atoms with Crippen molar-refractivity contribution in [3.63, 3.8) is 0 Å². The first-order valence-electron chi connectivity index (χ1n) is 9.26. The second-order valence-corrected chi connectivity index (χ2v) is 7.27. The van der Waals surface area contributed by atoms with E-state index < -0.39 is 0 Å². The lowest BCUT2D eigenvalue weighted by Crippen LogP contribution is -2.19. The van der Waals surface area contributed by atoms with Crippen molar-refractivity contribution in [3.05, 3.63) is 87.1 Å². The molecule has 4 heteroatoms. The number of pyridine rings is 2. The summed E-state index contributed by atoms with van der Waals surface area (Å²) in [5.74, 6) is 0.290. The van der Waals surface area contributed by atoms with Crippen molar-refractivity contribution in [3.8, 4) is 11.1 Å². The number of hydrogen-bond donors (Lipinski definition) is 0. The smallest absolute Gasteiger partial charge is 0.253 e. The van der Waals surface area contributed by atoms with Gasteiger partial charge in [0.05, 0.1) is 0 Å². The van der Waals surface area contributed by atoms with Gasteiger partial charge in [0.25, 0.3) is 5.56 Å². The number of Topliss-reactive ketones (excluding diaryl/α,β-unsaturated/α-hetero) is 1. The van der Waals surface area contributed by atoms with Gasteiger partial charge in [0.2, 0.25) is 0 Å². The van der Waals surface area contributed by atoms with Crippen LogP contribution in [0.25, 0.3) is 11.1 Å². The van der Waals surface area contributed by atoms with Gasteiger partial charge in [0.15, 0.2) is 0 Å². The molecule has 3 aromatic rings.